The third-order valence-electron chi connectivity index (χ3n) is 9.85. The molecule has 1 atom stereocenters. The van der Waals surface area contributed by atoms with Crippen LogP contribution < -0.4 is 16.4 Å². The summed E-state index contributed by atoms with van der Waals surface area (Å²) in [7, 11) is 0. The summed E-state index contributed by atoms with van der Waals surface area (Å²) in [6, 6.07) is 15.8. The Balaban J connectivity index is 1.09. The molecule has 0 radical (unpaired) electrons. The van der Waals surface area contributed by atoms with Crippen LogP contribution in [0.5, 0.6) is 0 Å². The maximum absolute atomic E-state index is 13.7. The van der Waals surface area contributed by atoms with Crippen molar-refractivity contribution in [2.75, 3.05) is 17.2 Å². The molecule has 9 nitrogen and oxygen atoms in total. The van der Waals surface area contributed by atoms with Gasteiger partial charge in [0.1, 0.15) is 11.6 Å². The van der Waals surface area contributed by atoms with E-state index in [2.05, 4.69) is 33.8 Å². The van der Waals surface area contributed by atoms with Crippen molar-refractivity contribution in [1.29, 1.82) is 0 Å². The predicted octanol–water partition coefficient (Wildman–Crippen LogP) is 5.83. The molecule has 2 aromatic heterocycles. The second-order valence-corrected chi connectivity index (χ2v) is 13.2. The van der Waals surface area contributed by atoms with Gasteiger partial charge in [0.2, 0.25) is 11.8 Å². The number of aromatic nitrogens is 3. The van der Waals surface area contributed by atoms with Crippen LogP contribution in [-0.4, -0.2) is 39.1 Å². The van der Waals surface area contributed by atoms with E-state index in [1.807, 2.05) is 31.2 Å². The van der Waals surface area contributed by atoms with Gasteiger partial charge in [0.15, 0.2) is 5.65 Å². The molecule has 0 bridgehead atoms. The lowest BCUT2D eigenvalue weighted by Crippen LogP contribution is -2.31. The number of H-pyrrole nitrogens is 1. The largest absolute Gasteiger partial charge is 0.340 e. The molecule has 2 aliphatic carbocycles. The molecule has 232 valence electrons. The fraction of sp³-hybridized carbons (Fsp3) is 0.417. The van der Waals surface area contributed by atoms with E-state index >= 15 is 0 Å². The number of carbonyl (C=O) groups excluding carboxylic acids is 3. The molecular formula is C36H40N6O3. The van der Waals surface area contributed by atoms with Crippen molar-refractivity contribution in [3.8, 4) is 11.1 Å². The van der Waals surface area contributed by atoms with Gasteiger partial charge in [-0.3, -0.25) is 14.4 Å². The van der Waals surface area contributed by atoms with Gasteiger partial charge in [-0.2, -0.15) is 0 Å². The number of hydrogen-bond acceptors (Lipinski definition) is 6. The molecule has 7 rings (SSSR count). The number of anilines is 2. The van der Waals surface area contributed by atoms with Crippen LogP contribution in [0.15, 0.2) is 48.5 Å². The number of rotatable bonds is 10. The number of aryl methyl sites for hydroxylation is 1. The third kappa shape index (κ3) is 6.40. The van der Waals surface area contributed by atoms with Gasteiger partial charge >= 0.3 is 0 Å². The average Bonchev–Trinajstić information content (AvgIpc) is 3.71. The van der Waals surface area contributed by atoms with Crippen molar-refractivity contribution in [3.63, 3.8) is 0 Å². The Morgan fingerprint density at radius 1 is 1.00 bits per heavy atom. The zero-order valence-corrected chi connectivity index (χ0v) is 25.7. The summed E-state index contributed by atoms with van der Waals surface area (Å²) in [4.78, 5) is 52.0. The average molecular weight is 605 g/mol. The van der Waals surface area contributed by atoms with Crippen LogP contribution >= 0.6 is 0 Å². The van der Waals surface area contributed by atoms with E-state index < -0.39 is 5.92 Å². The normalized spacial score (nSPS) is 20.1. The molecule has 1 aliphatic heterocycles. The molecular weight excluding hydrogens is 564 g/mol. The van der Waals surface area contributed by atoms with Gasteiger partial charge < -0.3 is 21.4 Å². The van der Waals surface area contributed by atoms with Crippen molar-refractivity contribution < 1.29 is 14.4 Å². The number of carbonyl (C=O) groups is 3. The molecule has 0 unspecified atom stereocenters. The van der Waals surface area contributed by atoms with Gasteiger partial charge in [0, 0.05) is 46.8 Å². The number of fused-ring (bicyclic) bond motifs is 2. The van der Waals surface area contributed by atoms with Crippen LogP contribution in [-0.2, 0) is 27.2 Å². The van der Waals surface area contributed by atoms with E-state index in [-0.39, 0.29) is 29.9 Å². The van der Waals surface area contributed by atoms with Crippen molar-refractivity contribution in [1.82, 2.24) is 15.0 Å². The topological polar surface area (TPSA) is 143 Å². The Morgan fingerprint density at radius 3 is 2.51 bits per heavy atom. The fourth-order valence-corrected chi connectivity index (χ4v) is 6.92. The number of amides is 2. The van der Waals surface area contributed by atoms with Gasteiger partial charge in [-0.25, -0.2) is 9.97 Å². The summed E-state index contributed by atoms with van der Waals surface area (Å²) < 4.78 is 0. The Bertz CT molecular complexity index is 1770. The van der Waals surface area contributed by atoms with E-state index in [0.29, 0.717) is 36.9 Å². The SMILES string of the molecule is Cc1nc2nc(C3CC3)[nH]c2cc1-c1ccc(C[C@H](CC(=O)C2CCC(CN)CC2)C(=O)Nc2ccc3c(c2)NC(=O)C3)cc1. The molecule has 0 saturated heterocycles. The standard InChI is InChI=1S/C36H40N6O3/c1-20-29(18-31-35(38-20)42-34(41-31)25-10-11-25)23-6-2-21(3-7-23)14-27(15-32(43)24-8-4-22(19-37)5-9-24)36(45)39-28-13-12-26-16-33(44)40-30(26)17-28/h2-3,6-7,12-13,17-18,22,24-25,27H,4-5,8-11,14-16,19,37H2,1H3,(H,39,45)(H,40,44)(H,38,41,42)/t22?,24?,27-/m1/s1. The van der Waals surface area contributed by atoms with E-state index in [1.165, 1.54) is 12.8 Å². The Labute approximate surface area is 262 Å². The molecule has 3 heterocycles. The van der Waals surface area contributed by atoms with Crippen LogP contribution in [0.4, 0.5) is 11.4 Å². The molecule has 2 amide bonds. The molecule has 5 N–H and O–H groups in total. The number of pyridine rings is 1. The minimum atomic E-state index is -0.524. The van der Waals surface area contributed by atoms with E-state index in [1.54, 1.807) is 6.07 Å². The van der Waals surface area contributed by atoms with Crippen molar-refractivity contribution in [3.05, 3.63) is 71.2 Å². The second-order valence-electron chi connectivity index (χ2n) is 13.2. The van der Waals surface area contributed by atoms with Gasteiger partial charge in [-0.1, -0.05) is 30.3 Å². The molecule has 2 aromatic carbocycles. The molecule has 2 saturated carbocycles. The highest BCUT2D eigenvalue weighted by atomic mass is 16.2. The number of nitrogens with one attached hydrogen (secondary N) is 3. The van der Waals surface area contributed by atoms with Crippen LogP contribution in [0.2, 0.25) is 0 Å². The molecule has 2 fully saturated rings. The minimum absolute atomic E-state index is 0.0195. The number of hydrogen-bond donors (Lipinski definition) is 4. The van der Waals surface area contributed by atoms with Crippen molar-refractivity contribution in [2.24, 2.45) is 23.5 Å². The van der Waals surface area contributed by atoms with E-state index in [4.69, 9.17) is 15.7 Å². The number of nitrogens with two attached hydrogens (primary N) is 1. The van der Waals surface area contributed by atoms with Crippen LogP contribution in [0, 0.1) is 24.7 Å². The summed E-state index contributed by atoms with van der Waals surface area (Å²) in [5, 5.41) is 5.87. The molecule has 9 heteroatoms. The summed E-state index contributed by atoms with van der Waals surface area (Å²) in [6.45, 7) is 2.67. The quantitative estimate of drug-likeness (QED) is 0.179. The Kier molecular flexibility index (Phi) is 7.95. The second kappa shape index (κ2) is 12.2. The first kappa shape index (κ1) is 29.3. The molecule has 3 aliphatic rings. The first-order valence-electron chi connectivity index (χ1n) is 16.3. The number of nitrogens with zero attached hydrogens (tertiary/aromatic N) is 2. The number of ketones is 1. The highest BCUT2D eigenvalue weighted by molar-refractivity contribution is 6.01. The first-order chi connectivity index (χ1) is 21.8. The highest BCUT2D eigenvalue weighted by Gasteiger charge is 2.31. The number of benzene rings is 2. The zero-order valence-electron chi connectivity index (χ0n) is 25.7. The van der Waals surface area contributed by atoms with Crippen LogP contribution in [0.1, 0.15) is 73.5 Å². The predicted molar refractivity (Wildman–Crippen MR) is 175 cm³/mol. The number of Topliss-reactive ketones (excluding diaryl/α,β-unsaturated/α-hetero) is 1. The maximum Gasteiger partial charge on any atom is 0.228 e. The molecule has 45 heavy (non-hydrogen) atoms. The molecule has 0 spiro atoms. The third-order valence-corrected chi connectivity index (χ3v) is 9.85. The smallest absolute Gasteiger partial charge is 0.228 e. The van der Waals surface area contributed by atoms with Gasteiger partial charge in [0.05, 0.1) is 11.9 Å². The van der Waals surface area contributed by atoms with Gasteiger partial charge in [0.25, 0.3) is 0 Å². The minimum Gasteiger partial charge on any atom is -0.340 e. The number of aromatic amines is 1. The fourth-order valence-electron chi connectivity index (χ4n) is 6.92. The summed E-state index contributed by atoms with van der Waals surface area (Å²) >= 11 is 0. The van der Waals surface area contributed by atoms with Gasteiger partial charge in [-0.05, 0) is 99.2 Å². The summed E-state index contributed by atoms with van der Waals surface area (Å²) in [6.07, 6.45) is 6.94. The van der Waals surface area contributed by atoms with Crippen molar-refractivity contribution >= 4 is 40.1 Å². The van der Waals surface area contributed by atoms with Crippen LogP contribution in [0.25, 0.3) is 22.3 Å². The number of imidazole rings is 1. The summed E-state index contributed by atoms with van der Waals surface area (Å²) in [5.41, 5.74) is 13.8. The highest BCUT2D eigenvalue weighted by Crippen LogP contribution is 2.39. The van der Waals surface area contributed by atoms with Crippen LogP contribution in [0.3, 0.4) is 0 Å². The lowest BCUT2D eigenvalue weighted by Gasteiger charge is -2.27. The van der Waals surface area contributed by atoms with E-state index in [9.17, 15) is 14.4 Å². The first-order valence-corrected chi connectivity index (χ1v) is 16.3. The maximum atomic E-state index is 13.7. The lowest BCUT2D eigenvalue weighted by molar-refractivity contribution is -0.129. The van der Waals surface area contributed by atoms with E-state index in [0.717, 1.165) is 76.3 Å². The molecule has 4 aromatic rings. The zero-order chi connectivity index (χ0) is 31.1. The monoisotopic (exact) mass is 604 g/mol. The Morgan fingerprint density at radius 2 is 1.78 bits per heavy atom. The Hall–Kier alpha value is -4.37. The summed E-state index contributed by atoms with van der Waals surface area (Å²) in [5.74, 6) is 1.41. The lowest BCUT2D eigenvalue weighted by atomic mass is 9.77. The van der Waals surface area contributed by atoms with Gasteiger partial charge in [-0.15, -0.1) is 0 Å². The van der Waals surface area contributed by atoms with Crippen molar-refractivity contribution in [2.45, 2.75) is 70.6 Å².